The molecule has 1 aliphatic carbocycles. The van der Waals surface area contributed by atoms with Crippen molar-refractivity contribution >= 4 is 5.65 Å². The topological polar surface area (TPSA) is 30.2 Å². The van der Waals surface area contributed by atoms with Gasteiger partial charge in [-0.25, -0.2) is 13.9 Å². The highest BCUT2D eigenvalue weighted by Crippen LogP contribution is 2.28. The Hall–Kier alpha value is -2.23. The molecule has 0 aliphatic heterocycles. The van der Waals surface area contributed by atoms with Gasteiger partial charge in [0.05, 0.1) is 6.20 Å². The molecule has 0 N–H and O–H groups in total. The van der Waals surface area contributed by atoms with Gasteiger partial charge in [-0.05, 0) is 36.1 Å². The SMILES string of the molecule is Fc1ccc(-c2cnn3c(CC4CCCCC4)ccnc23)cc1. The third-order valence-corrected chi connectivity index (χ3v) is 4.86. The molecule has 2 aromatic heterocycles. The maximum Gasteiger partial charge on any atom is 0.163 e. The van der Waals surface area contributed by atoms with Crippen molar-refractivity contribution in [2.45, 2.75) is 38.5 Å². The Morgan fingerprint density at radius 1 is 1.04 bits per heavy atom. The smallest absolute Gasteiger partial charge is 0.163 e. The van der Waals surface area contributed by atoms with Gasteiger partial charge in [0.15, 0.2) is 5.65 Å². The van der Waals surface area contributed by atoms with E-state index in [-0.39, 0.29) is 5.82 Å². The van der Waals surface area contributed by atoms with Crippen LogP contribution in [0.15, 0.2) is 42.7 Å². The van der Waals surface area contributed by atoms with Gasteiger partial charge < -0.3 is 0 Å². The van der Waals surface area contributed by atoms with Crippen molar-refractivity contribution in [2.75, 3.05) is 0 Å². The minimum atomic E-state index is -0.226. The van der Waals surface area contributed by atoms with Gasteiger partial charge in [0.25, 0.3) is 0 Å². The number of fused-ring (bicyclic) bond motifs is 1. The van der Waals surface area contributed by atoms with Crippen molar-refractivity contribution in [1.29, 1.82) is 0 Å². The van der Waals surface area contributed by atoms with Gasteiger partial charge in [-0.15, -0.1) is 0 Å². The molecule has 0 atom stereocenters. The highest BCUT2D eigenvalue weighted by molar-refractivity contribution is 5.76. The van der Waals surface area contributed by atoms with Gasteiger partial charge >= 0.3 is 0 Å². The first kappa shape index (κ1) is 14.4. The summed E-state index contributed by atoms with van der Waals surface area (Å²) in [6.07, 6.45) is 11.5. The minimum absolute atomic E-state index is 0.226. The fraction of sp³-hybridized carbons (Fsp3) is 0.368. The molecule has 2 heterocycles. The molecule has 23 heavy (non-hydrogen) atoms. The second-order valence-electron chi connectivity index (χ2n) is 6.44. The minimum Gasteiger partial charge on any atom is -0.236 e. The maximum atomic E-state index is 13.1. The molecular formula is C19H20FN3. The van der Waals surface area contributed by atoms with Crippen LogP contribution in [0.25, 0.3) is 16.8 Å². The molecular weight excluding hydrogens is 289 g/mol. The van der Waals surface area contributed by atoms with Crippen molar-refractivity contribution in [3.05, 3.63) is 54.2 Å². The first-order valence-electron chi connectivity index (χ1n) is 8.39. The summed E-state index contributed by atoms with van der Waals surface area (Å²) in [4.78, 5) is 4.50. The van der Waals surface area contributed by atoms with Crippen LogP contribution in [-0.4, -0.2) is 14.6 Å². The zero-order valence-electron chi connectivity index (χ0n) is 13.1. The number of hydrogen-bond donors (Lipinski definition) is 0. The van der Waals surface area contributed by atoms with E-state index in [1.165, 1.54) is 49.9 Å². The second-order valence-corrected chi connectivity index (χ2v) is 6.44. The third kappa shape index (κ3) is 2.85. The monoisotopic (exact) mass is 309 g/mol. The molecule has 0 bridgehead atoms. The lowest BCUT2D eigenvalue weighted by atomic mass is 9.86. The van der Waals surface area contributed by atoms with Gasteiger partial charge in [0, 0.05) is 17.5 Å². The molecule has 0 amide bonds. The van der Waals surface area contributed by atoms with Gasteiger partial charge in [-0.3, -0.25) is 0 Å². The van der Waals surface area contributed by atoms with Crippen molar-refractivity contribution in [1.82, 2.24) is 14.6 Å². The second kappa shape index (κ2) is 6.11. The number of rotatable bonds is 3. The van der Waals surface area contributed by atoms with Gasteiger partial charge in [0.1, 0.15) is 5.82 Å². The summed E-state index contributed by atoms with van der Waals surface area (Å²) in [5, 5.41) is 4.54. The summed E-state index contributed by atoms with van der Waals surface area (Å²) in [5.41, 5.74) is 3.97. The molecule has 0 saturated heterocycles. The van der Waals surface area contributed by atoms with Crippen LogP contribution >= 0.6 is 0 Å². The molecule has 4 heteroatoms. The Kier molecular flexibility index (Phi) is 3.82. The molecule has 1 aromatic carbocycles. The number of nitrogens with zero attached hydrogens (tertiary/aromatic N) is 3. The van der Waals surface area contributed by atoms with Crippen molar-refractivity contribution in [2.24, 2.45) is 5.92 Å². The molecule has 1 saturated carbocycles. The fourth-order valence-corrected chi connectivity index (χ4v) is 3.62. The first-order chi connectivity index (χ1) is 11.3. The molecule has 118 valence electrons. The Labute approximate surface area is 135 Å². The summed E-state index contributed by atoms with van der Waals surface area (Å²) in [6.45, 7) is 0. The molecule has 1 fully saturated rings. The highest BCUT2D eigenvalue weighted by Gasteiger charge is 2.17. The summed E-state index contributed by atoms with van der Waals surface area (Å²) in [7, 11) is 0. The van der Waals surface area contributed by atoms with Crippen LogP contribution in [0.3, 0.4) is 0 Å². The van der Waals surface area contributed by atoms with Crippen molar-refractivity contribution in [3.8, 4) is 11.1 Å². The predicted molar refractivity (Wildman–Crippen MR) is 88.7 cm³/mol. The van der Waals surface area contributed by atoms with Crippen LogP contribution in [0.2, 0.25) is 0 Å². The number of aromatic nitrogens is 3. The van der Waals surface area contributed by atoms with Crippen LogP contribution in [0.4, 0.5) is 4.39 Å². The van der Waals surface area contributed by atoms with E-state index in [0.717, 1.165) is 29.1 Å². The van der Waals surface area contributed by atoms with Crippen molar-refractivity contribution < 1.29 is 4.39 Å². The number of halogens is 1. The highest BCUT2D eigenvalue weighted by atomic mass is 19.1. The maximum absolute atomic E-state index is 13.1. The Morgan fingerprint density at radius 2 is 1.83 bits per heavy atom. The summed E-state index contributed by atoms with van der Waals surface area (Å²) < 4.78 is 15.1. The third-order valence-electron chi connectivity index (χ3n) is 4.86. The van der Waals surface area contributed by atoms with Crippen LogP contribution in [-0.2, 0) is 6.42 Å². The van der Waals surface area contributed by atoms with Gasteiger partial charge in [0.2, 0.25) is 0 Å². The van der Waals surface area contributed by atoms with E-state index in [1.807, 2.05) is 16.9 Å². The predicted octanol–water partition coefficient (Wildman–Crippen LogP) is 4.66. The Morgan fingerprint density at radius 3 is 2.61 bits per heavy atom. The molecule has 1 aliphatic rings. The zero-order valence-corrected chi connectivity index (χ0v) is 13.1. The Balaban J connectivity index is 1.69. The van der Waals surface area contributed by atoms with E-state index in [4.69, 9.17) is 0 Å². The van der Waals surface area contributed by atoms with Crippen molar-refractivity contribution in [3.63, 3.8) is 0 Å². The molecule has 0 spiro atoms. The average molecular weight is 309 g/mol. The zero-order chi connectivity index (χ0) is 15.6. The van der Waals surface area contributed by atoms with E-state index < -0.39 is 0 Å². The lowest BCUT2D eigenvalue weighted by molar-refractivity contribution is 0.352. The first-order valence-corrected chi connectivity index (χ1v) is 8.39. The van der Waals surface area contributed by atoms with Crippen LogP contribution in [0.5, 0.6) is 0 Å². The average Bonchev–Trinajstić information content (AvgIpc) is 3.02. The van der Waals surface area contributed by atoms with Gasteiger partial charge in [-0.2, -0.15) is 5.10 Å². The van der Waals surface area contributed by atoms with Crippen LogP contribution < -0.4 is 0 Å². The summed E-state index contributed by atoms with van der Waals surface area (Å²) in [5.74, 6) is 0.531. The molecule has 4 rings (SSSR count). The summed E-state index contributed by atoms with van der Waals surface area (Å²) >= 11 is 0. The lowest BCUT2D eigenvalue weighted by Gasteiger charge is -2.21. The normalized spacial score (nSPS) is 16.0. The van der Waals surface area contributed by atoms with Gasteiger partial charge in [-0.1, -0.05) is 44.2 Å². The fourth-order valence-electron chi connectivity index (χ4n) is 3.62. The standard InChI is InChI=1S/C19H20FN3/c20-16-8-6-15(7-9-16)18-13-22-23-17(10-11-21-19(18)23)12-14-4-2-1-3-5-14/h6-11,13-14H,1-5,12H2. The number of hydrogen-bond acceptors (Lipinski definition) is 2. The molecule has 0 radical (unpaired) electrons. The molecule has 3 aromatic rings. The van der Waals surface area contributed by atoms with Crippen LogP contribution in [0, 0.1) is 11.7 Å². The molecule has 3 nitrogen and oxygen atoms in total. The van der Waals surface area contributed by atoms with E-state index in [1.54, 1.807) is 12.1 Å². The van der Waals surface area contributed by atoms with Crippen LogP contribution in [0.1, 0.15) is 37.8 Å². The molecule has 0 unspecified atom stereocenters. The number of benzene rings is 1. The van der Waals surface area contributed by atoms with E-state index in [0.29, 0.717) is 0 Å². The van der Waals surface area contributed by atoms with E-state index in [9.17, 15) is 4.39 Å². The quantitative estimate of drug-likeness (QED) is 0.704. The van der Waals surface area contributed by atoms with E-state index >= 15 is 0 Å². The largest absolute Gasteiger partial charge is 0.236 e. The lowest BCUT2D eigenvalue weighted by Crippen LogP contribution is -2.12. The Bertz CT molecular complexity index is 801. The summed E-state index contributed by atoms with van der Waals surface area (Å²) in [6, 6.07) is 8.59. The van der Waals surface area contributed by atoms with E-state index in [2.05, 4.69) is 16.1 Å².